The first-order valence-corrected chi connectivity index (χ1v) is 14.7. The lowest BCUT2D eigenvalue weighted by Gasteiger charge is -2.22. The predicted molar refractivity (Wildman–Crippen MR) is 155 cm³/mol. The molecule has 0 amide bonds. The molecule has 1 N–H and O–H groups in total. The first-order valence-electron chi connectivity index (χ1n) is 12.4. The van der Waals surface area contributed by atoms with Gasteiger partial charge in [0.05, 0.1) is 17.9 Å². The third kappa shape index (κ3) is 6.03. The summed E-state index contributed by atoms with van der Waals surface area (Å²) in [5.41, 5.74) is 3.98. The van der Waals surface area contributed by atoms with Gasteiger partial charge in [-0.3, -0.25) is 0 Å². The number of hydrogen-bond acceptors (Lipinski definition) is 9. The molecule has 1 aliphatic rings. The summed E-state index contributed by atoms with van der Waals surface area (Å²) in [7, 11) is 0. The Labute approximate surface area is 240 Å². The molecule has 1 aliphatic heterocycles. The standard InChI is InChI=1S/C29H24ClN5O2S2/c30-21-7-3-20(4-8-21)28-33-22(17-38-28)18-39-29-25(16-32)26(19-5-9-23(10-6-19)37-14-13-36)24(15-31)27(34-29)35-11-1-2-12-35/h3-10,17,36H,1-2,11-14,18H2. The molecule has 0 saturated carbocycles. The number of thiazole rings is 1. The molecule has 2 aromatic carbocycles. The number of nitrogens with zero attached hydrogens (tertiary/aromatic N) is 5. The fourth-order valence-electron chi connectivity index (χ4n) is 4.43. The van der Waals surface area contributed by atoms with Crippen LogP contribution in [0.15, 0.2) is 58.9 Å². The van der Waals surface area contributed by atoms with Crippen molar-refractivity contribution in [2.75, 3.05) is 31.2 Å². The molecule has 1 fully saturated rings. The van der Waals surface area contributed by atoms with Gasteiger partial charge in [-0.2, -0.15) is 10.5 Å². The van der Waals surface area contributed by atoms with Crippen LogP contribution in [0.2, 0.25) is 5.02 Å². The third-order valence-electron chi connectivity index (χ3n) is 6.28. The number of benzene rings is 2. The molecule has 196 valence electrons. The van der Waals surface area contributed by atoms with Crippen LogP contribution in [0.25, 0.3) is 21.7 Å². The number of thioether (sulfide) groups is 1. The average molecular weight is 574 g/mol. The Kier molecular flexibility index (Phi) is 8.65. The van der Waals surface area contributed by atoms with Crippen LogP contribution in [0.3, 0.4) is 0 Å². The average Bonchev–Trinajstić information content (AvgIpc) is 3.68. The van der Waals surface area contributed by atoms with E-state index >= 15 is 0 Å². The molecule has 0 spiro atoms. The SMILES string of the molecule is N#Cc1c(SCc2csc(-c3ccc(Cl)cc3)n2)nc(N2CCCC2)c(C#N)c1-c1ccc(OCCO)cc1. The van der Waals surface area contributed by atoms with Crippen LogP contribution >= 0.6 is 34.7 Å². The molecule has 2 aromatic heterocycles. The molecule has 0 aliphatic carbocycles. The minimum absolute atomic E-state index is 0.0801. The number of pyridine rings is 1. The molecular weight excluding hydrogens is 550 g/mol. The van der Waals surface area contributed by atoms with Crippen molar-refractivity contribution >= 4 is 40.5 Å². The van der Waals surface area contributed by atoms with E-state index in [2.05, 4.69) is 17.0 Å². The maximum absolute atomic E-state index is 10.3. The molecule has 4 aromatic rings. The number of hydrogen-bond donors (Lipinski definition) is 1. The Bertz CT molecular complexity index is 1540. The van der Waals surface area contributed by atoms with Gasteiger partial charge in [0.15, 0.2) is 0 Å². The van der Waals surface area contributed by atoms with Crippen molar-refractivity contribution in [3.8, 4) is 39.6 Å². The number of aliphatic hydroxyl groups excluding tert-OH is 1. The number of ether oxygens (including phenoxy) is 1. The van der Waals surface area contributed by atoms with Crippen LogP contribution in [0.1, 0.15) is 29.7 Å². The Morgan fingerprint density at radius 3 is 2.33 bits per heavy atom. The number of rotatable bonds is 9. The number of aromatic nitrogens is 2. The molecule has 10 heteroatoms. The summed E-state index contributed by atoms with van der Waals surface area (Å²) in [5, 5.41) is 33.7. The van der Waals surface area contributed by atoms with E-state index in [1.807, 2.05) is 41.8 Å². The Balaban J connectivity index is 1.51. The monoisotopic (exact) mass is 573 g/mol. The van der Waals surface area contributed by atoms with Crippen molar-refractivity contribution in [3.63, 3.8) is 0 Å². The topological polar surface area (TPSA) is 106 Å². The number of aliphatic hydroxyl groups is 1. The molecule has 0 atom stereocenters. The predicted octanol–water partition coefficient (Wildman–Crippen LogP) is 6.53. The maximum Gasteiger partial charge on any atom is 0.148 e. The van der Waals surface area contributed by atoms with Gasteiger partial charge in [0.2, 0.25) is 0 Å². The van der Waals surface area contributed by atoms with Gasteiger partial charge < -0.3 is 14.7 Å². The minimum atomic E-state index is -0.0801. The van der Waals surface area contributed by atoms with Crippen LogP contribution in [0, 0.1) is 22.7 Å². The minimum Gasteiger partial charge on any atom is -0.491 e. The zero-order valence-corrected chi connectivity index (χ0v) is 23.3. The summed E-state index contributed by atoms with van der Waals surface area (Å²) in [6, 6.07) is 19.5. The second-order valence-electron chi connectivity index (χ2n) is 8.82. The zero-order valence-electron chi connectivity index (χ0n) is 20.9. The van der Waals surface area contributed by atoms with E-state index in [4.69, 9.17) is 31.4 Å². The summed E-state index contributed by atoms with van der Waals surface area (Å²) >= 11 is 9.03. The second kappa shape index (κ2) is 12.5. The number of nitriles is 2. The molecular formula is C29H24ClN5O2S2. The molecule has 7 nitrogen and oxygen atoms in total. The van der Waals surface area contributed by atoms with Gasteiger partial charge in [-0.15, -0.1) is 11.3 Å². The first kappa shape index (κ1) is 27.0. The van der Waals surface area contributed by atoms with Crippen molar-refractivity contribution in [2.24, 2.45) is 0 Å². The number of halogens is 1. The quantitative estimate of drug-likeness (QED) is 0.225. The molecule has 0 unspecified atom stereocenters. The lowest BCUT2D eigenvalue weighted by Crippen LogP contribution is -2.21. The summed E-state index contributed by atoms with van der Waals surface area (Å²) < 4.78 is 5.50. The van der Waals surface area contributed by atoms with Gasteiger partial charge in [0.1, 0.15) is 45.9 Å². The van der Waals surface area contributed by atoms with E-state index in [-0.39, 0.29) is 13.2 Å². The molecule has 1 saturated heterocycles. The largest absolute Gasteiger partial charge is 0.491 e. The van der Waals surface area contributed by atoms with Gasteiger partial charge in [-0.1, -0.05) is 47.6 Å². The van der Waals surface area contributed by atoms with Gasteiger partial charge in [-0.25, -0.2) is 9.97 Å². The third-order valence-corrected chi connectivity index (χ3v) is 8.48. The van der Waals surface area contributed by atoms with E-state index in [0.717, 1.165) is 47.8 Å². The van der Waals surface area contributed by atoms with Crippen molar-refractivity contribution < 1.29 is 9.84 Å². The smallest absolute Gasteiger partial charge is 0.148 e. The van der Waals surface area contributed by atoms with Gasteiger partial charge in [0, 0.05) is 40.4 Å². The van der Waals surface area contributed by atoms with Crippen LogP contribution in [0.5, 0.6) is 5.75 Å². The van der Waals surface area contributed by atoms with Gasteiger partial charge in [0.25, 0.3) is 0 Å². The van der Waals surface area contributed by atoms with Gasteiger partial charge in [-0.05, 0) is 42.7 Å². The van der Waals surface area contributed by atoms with Crippen LogP contribution in [-0.2, 0) is 5.75 Å². The molecule has 5 rings (SSSR count). The molecule has 3 heterocycles. The highest BCUT2D eigenvalue weighted by Gasteiger charge is 2.26. The summed E-state index contributed by atoms with van der Waals surface area (Å²) in [4.78, 5) is 11.8. The van der Waals surface area contributed by atoms with Crippen molar-refractivity contribution in [1.29, 1.82) is 10.5 Å². The van der Waals surface area contributed by atoms with Crippen LogP contribution in [0.4, 0.5) is 5.82 Å². The van der Waals surface area contributed by atoms with Gasteiger partial charge >= 0.3 is 0 Å². The van der Waals surface area contributed by atoms with E-state index in [1.165, 1.54) is 11.8 Å². The van der Waals surface area contributed by atoms with E-state index < -0.39 is 0 Å². The van der Waals surface area contributed by atoms with Crippen molar-refractivity contribution in [1.82, 2.24) is 9.97 Å². The maximum atomic E-state index is 10.3. The Morgan fingerprint density at radius 1 is 0.974 bits per heavy atom. The van der Waals surface area contributed by atoms with Crippen LogP contribution < -0.4 is 9.64 Å². The zero-order chi connectivity index (χ0) is 27.2. The van der Waals surface area contributed by atoms with Crippen LogP contribution in [-0.4, -0.2) is 41.4 Å². The second-order valence-corrected chi connectivity index (χ2v) is 11.1. The molecule has 0 radical (unpaired) electrons. The highest BCUT2D eigenvalue weighted by molar-refractivity contribution is 7.98. The lowest BCUT2D eigenvalue weighted by atomic mass is 9.96. The summed E-state index contributed by atoms with van der Waals surface area (Å²) in [6.45, 7) is 1.75. The fraction of sp³-hybridized carbons (Fsp3) is 0.241. The van der Waals surface area contributed by atoms with Crippen molar-refractivity contribution in [3.05, 3.63) is 75.8 Å². The van der Waals surface area contributed by atoms with E-state index in [1.54, 1.807) is 23.5 Å². The molecule has 39 heavy (non-hydrogen) atoms. The Hall–Kier alpha value is -3.60. The summed E-state index contributed by atoms with van der Waals surface area (Å²) in [6.07, 6.45) is 2.07. The normalized spacial score (nSPS) is 12.8. The number of anilines is 1. The summed E-state index contributed by atoms with van der Waals surface area (Å²) in [5.74, 6) is 1.75. The van der Waals surface area contributed by atoms with E-state index in [9.17, 15) is 10.5 Å². The van der Waals surface area contributed by atoms with E-state index in [0.29, 0.717) is 44.1 Å². The van der Waals surface area contributed by atoms with Crippen molar-refractivity contribution in [2.45, 2.75) is 23.6 Å². The highest BCUT2D eigenvalue weighted by atomic mass is 35.5. The molecule has 0 bridgehead atoms. The lowest BCUT2D eigenvalue weighted by molar-refractivity contribution is 0.201. The highest BCUT2D eigenvalue weighted by Crippen LogP contribution is 2.40. The fourth-order valence-corrected chi connectivity index (χ4v) is 6.37. The Morgan fingerprint density at radius 2 is 1.67 bits per heavy atom. The first-order chi connectivity index (χ1) is 19.1.